The van der Waals surface area contributed by atoms with Crippen LogP contribution in [0.3, 0.4) is 0 Å². The van der Waals surface area contributed by atoms with Crippen molar-refractivity contribution in [3.8, 4) is 0 Å². The summed E-state index contributed by atoms with van der Waals surface area (Å²) in [7, 11) is -1.79. The van der Waals surface area contributed by atoms with Gasteiger partial charge >= 0.3 is 5.97 Å². The lowest BCUT2D eigenvalue weighted by Crippen LogP contribution is -2.32. The van der Waals surface area contributed by atoms with Crippen molar-refractivity contribution >= 4 is 32.9 Å². The molecule has 3 rings (SSSR count). The number of sulfonamides is 1. The zero-order valence-electron chi connectivity index (χ0n) is 20.5. The Balaban J connectivity index is 1.76. The molecular formula is C25H33N5O4S. The summed E-state index contributed by atoms with van der Waals surface area (Å²) >= 11 is 0. The van der Waals surface area contributed by atoms with E-state index in [2.05, 4.69) is 0 Å². The molecule has 3 aromatic rings. The first-order chi connectivity index (χ1) is 16.7. The molecule has 1 aromatic heterocycles. The summed E-state index contributed by atoms with van der Waals surface area (Å²) in [5.74, 6) is 0.564. The van der Waals surface area contributed by atoms with Gasteiger partial charge in [0.2, 0.25) is 10.0 Å². The molecule has 0 amide bonds. The molecule has 2 aromatic carbocycles. The maximum absolute atomic E-state index is 13.3. The number of nitrogens with one attached hydrogen (secondary N) is 1. The molecular weight excluding hydrogens is 466 g/mol. The first-order valence-electron chi connectivity index (χ1n) is 11.7. The van der Waals surface area contributed by atoms with Crippen LogP contribution in [0.5, 0.6) is 0 Å². The number of amidine groups is 1. The topological polar surface area (TPSA) is 131 Å². The van der Waals surface area contributed by atoms with E-state index in [1.807, 2.05) is 23.7 Å². The lowest BCUT2D eigenvalue weighted by Gasteiger charge is -2.20. The third-order valence-electron chi connectivity index (χ3n) is 5.91. The number of esters is 1. The van der Waals surface area contributed by atoms with Crippen molar-refractivity contribution in [1.82, 2.24) is 13.9 Å². The van der Waals surface area contributed by atoms with Gasteiger partial charge in [-0.25, -0.2) is 13.4 Å². The number of ether oxygens (including phenoxy) is 1. The molecule has 3 N–H and O–H groups in total. The Morgan fingerprint density at radius 1 is 1.14 bits per heavy atom. The molecule has 0 unspecified atom stereocenters. The standard InChI is InChI=1S/C25H33N5O4S/c1-4-30(15-7-6-8-24(31)34-5-2)35(32,33)20-13-14-22-21(17-20)28-23(29(22)3)16-18-9-11-19(12-10-18)25(26)27/h9-14,17H,4-8,15-16H2,1-3H3,(H3,26,27). The second-order valence-electron chi connectivity index (χ2n) is 8.28. The largest absolute Gasteiger partial charge is 0.466 e. The van der Waals surface area contributed by atoms with Crippen molar-refractivity contribution in [3.05, 3.63) is 59.4 Å². The second-order valence-corrected chi connectivity index (χ2v) is 10.2. The van der Waals surface area contributed by atoms with Gasteiger partial charge in [-0.2, -0.15) is 4.31 Å². The molecule has 0 saturated heterocycles. The lowest BCUT2D eigenvalue weighted by atomic mass is 10.1. The fourth-order valence-electron chi connectivity index (χ4n) is 3.92. The Kier molecular flexibility index (Phi) is 8.63. The van der Waals surface area contributed by atoms with Gasteiger partial charge in [0.25, 0.3) is 0 Å². The highest BCUT2D eigenvalue weighted by Gasteiger charge is 2.24. The van der Waals surface area contributed by atoms with Crippen molar-refractivity contribution in [3.63, 3.8) is 0 Å². The molecule has 0 radical (unpaired) electrons. The Morgan fingerprint density at radius 3 is 2.49 bits per heavy atom. The van der Waals surface area contributed by atoms with E-state index < -0.39 is 10.0 Å². The van der Waals surface area contributed by atoms with Crippen LogP contribution >= 0.6 is 0 Å². The zero-order valence-corrected chi connectivity index (χ0v) is 21.3. The molecule has 1 heterocycles. The van der Waals surface area contributed by atoms with Crippen molar-refractivity contribution in [2.24, 2.45) is 12.8 Å². The quantitative estimate of drug-likeness (QED) is 0.170. The Morgan fingerprint density at radius 2 is 1.86 bits per heavy atom. The van der Waals surface area contributed by atoms with E-state index in [4.69, 9.17) is 20.9 Å². The van der Waals surface area contributed by atoms with Crippen molar-refractivity contribution in [2.45, 2.75) is 44.4 Å². The summed E-state index contributed by atoms with van der Waals surface area (Å²) in [4.78, 5) is 16.4. The minimum atomic E-state index is -3.69. The average Bonchev–Trinajstić information content (AvgIpc) is 3.14. The maximum atomic E-state index is 13.3. The lowest BCUT2D eigenvalue weighted by molar-refractivity contribution is -0.143. The van der Waals surface area contributed by atoms with Crippen molar-refractivity contribution in [2.75, 3.05) is 19.7 Å². The van der Waals surface area contributed by atoms with Gasteiger partial charge in [0.15, 0.2) is 0 Å². The number of hydrogen-bond donors (Lipinski definition) is 2. The third kappa shape index (κ3) is 6.26. The van der Waals surface area contributed by atoms with E-state index in [9.17, 15) is 13.2 Å². The molecule has 0 atom stereocenters. The monoisotopic (exact) mass is 499 g/mol. The molecule has 0 aliphatic heterocycles. The molecule has 0 bridgehead atoms. The highest BCUT2D eigenvalue weighted by atomic mass is 32.2. The SMILES string of the molecule is CCOC(=O)CCCCN(CC)S(=O)(=O)c1ccc2c(c1)nc(Cc1ccc(C(=N)N)cc1)n2C. The van der Waals surface area contributed by atoms with E-state index in [1.54, 1.807) is 44.2 Å². The van der Waals surface area contributed by atoms with Crippen LogP contribution in [-0.4, -0.2) is 53.8 Å². The molecule has 10 heteroatoms. The summed E-state index contributed by atoms with van der Waals surface area (Å²) in [6, 6.07) is 12.4. The first-order valence-corrected chi connectivity index (χ1v) is 13.2. The molecule has 0 aliphatic rings. The van der Waals surface area contributed by atoms with E-state index in [0.717, 1.165) is 16.9 Å². The molecule has 0 fully saturated rings. The number of imidazole rings is 1. The minimum Gasteiger partial charge on any atom is -0.466 e. The van der Waals surface area contributed by atoms with Gasteiger partial charge in [-0.15, -0.1) is 0 Å². The minimum absolute atomic E-state index is 0.0214. The molecule has 0 aliphatic carbocycles. The highest BCUT2D eigenvalue weighted by Crippen LogP contribution is 2.24. The van der Waals surface area contributed by atoms with Gasteiger partial charge in [-0.05, 0) is 43.5 Å². The van der Waals surface area contributed by atoms with Gasteiger partial charge in [-0.3, -0.25) is 10.2 Å². The molecule has 9 nitrogen and oxygen atoms in total. The van der Waals surface area contributed by atoms with Crippen LogP contribution in [0, 0.1) is 5.41 Å². The number of carbonyl (C=O) groups is 1. The van der Waals surface area contributed by atoms with Gasteiger partial charge in [-0.1, -0.05) is 31.2 Å². The second kappa shape index (κ2) is 11.5. The Hall–Kier alpha value is -3.24. The van der Waals surface area contributed by atoms with Crippen LogP contribution < -0.4 is 5.73 Å². The zero-order chi connectivity index (χ0) is 25.6. The first kappa shape index (κ1) is 26.4. The molecule has 188 valence electrons. The fraction of sp³-hybridized carbons (Fsp3) is 0.400. The molecule has 0 spiro atoms. The Labute approximate surface area is 206 Å². The predicted molar refractivity (Wildman–Crippen MR) is 136 cm³/mol. The number of hydrogen-bond acceptors (Lipinski definition) is 6. The molecule has 0 saturated carbocycles. The van der Waals surface area contributed by atoms with Crippen molar-refractivity contribution in [1.29, 1.82) is 5.41 Å². The number of fused-ring (bicyclic) bond motifs is 1. The average molecular weight is 500 g/mol. The smallest absolute Gasteiger partial charge is 0.305 e. The van der Waals surface area contributed by atoms with E-state index in [-0.39, 0.29) is 23.1 Å². The number of nitrogens with two attached hydrogens (primary N) is 1. The van der Waals surface area contributed by atoms with Crippen LogP contribution in [0.25, 0.3) is 11.0 Å². The van der Waals surface area contributed by atoms with E-state index in [0.29, 0.717) is 50.0 Å². The predicted octanol–water partition coefficient (Wildman–Crippen LogP) is 3.19. The Bertz CT molecular complexity index is 1300. The maximum Gasteiger partial charge on any atom is 0.305 e. The van der Waals surface area contributed by atoms with Gasteiger partial charge in [0.1, 0.15) is 11.7 Å². The van der Waals surface area contributed by atoms with Crippen molar-refractivity contribution < 1.29 is 17.9 Å². The number of aryl methyl sites for hydroxylation is 1. The number of aromatic nitrogens is 2. The third-order valence-corrected chi connectivity index (χ3v) is 7.88. The number of nitrogens with zero attached hydrogens (tertiary/aromatic N) is 3. The number of benzene rings is 2. The van der Waals surface area contributed by atoms with Crippen LogP contribution in [0.15, 0.2) is 47.4 Å². The molecule has 35 heavy (non-hydrogen) atoms. The van der Waals surface area contributed by atoms with E-state index >= 15 is 0 Å². The number of rotatable bonds is 12. The number of carbonyl (C=O) groups excluding carboxylic acids is 1. The highest BCUT2D eigenvalue weighted by molar-refractivity contribution is 7.89. The van der Waals surface area contributed by atoms with Gasteiger partial charge in [0.05, 0.1) is 22.5 Å². The van der Waals surface area contributed by atoms with E-state index in [1.165, 1.54) is 4.31 Å². The van der Waals surface area contributed by atoms with Crippen LogP contribution in [-0.2, 0) is 33.0 Å². The van der Waals surface area contributed by atoms with Gasteiger partial charge in [0, 0.05) is 38.5 Å². The summed E-state index contributed by atoms with van der Waals surface area (Å²) in [5.41, 5.74) is 8.66. The number of nitrogen functional groups attached to an aromatic ring is 1. The number of unbranched alkanes of at least 4 members (excludes halogenated alkanes) is 1. The summed E-state index contributed by atoms with van der Waals surface area (Å²) in [6.07, 6.45) is 1.99. The normalized spacial score (nSPS) is 11.8. The van der Waals surface area contributed by atoms with Crippen LogP contribution in [0.4, 0.5) is 0 Å². The van der Waals surface area contributed by atoms with Crippen LogP contribution in [0.1, 0.15) is 50.1 Å². The van der Waals surface area contributed by atoms with Gasteiger partial charge < -0.3 is 15.0 Å². The summed E-state index contributed by atoms with van der Waals surface area (Å²) in [6.45, 7) is 4.58. The summed E-state index contributed by atoms with van der Waals surface area (Å²) < 4.78 is 34.9. The summed E-state index contributed by atoms with van der Waals surface area (Å²) in [5, 5.41) is 7.52. The fourth-order valence-corrected chi connectivity index (χ4v) is 5.43. The van der Waals surface area contributed by atoms with Crippen LogP contribution in [0.2, 0.25) is 0 Å².